The fraction of sp³-hybridized carbons (Fsp3) is 0.323. The second-order valence-electron chi connectivity index (χ2n) is 10.1. The van der Waals surface area contributed by atoms with Crippen LogP contribution in [0.1, 0.15) is 47.9 Å². The Labute approximate surface area is 228 Å². The van der Waals surface area contributed by atoms with E-state index in [1.54, 1.807) is 29.0 Å². The molecule has 0 radical (unpaired) electrons. The van der Waals surface area contributed by atoms with Crippen LogP contribution in [0.15, 0.2) is 60.7 Å². The molecule has 0 saturated heterocycles. The summed E-state index contributed by atoms with van der Waals surface area (Å²) in [4.78, 5) is 41.0. The number of carboxylic acids is 1. The first-order valence-electron chi connectivity index (χ1n) is 13.4. The third kappa shape index (κ3) is 5.46. The van der Waals surface area contributed by atoms with E-state index in [9.17, 15) is 19.5 Å². The number of nitrogens with one attached hydrogen (secondary N) is 1. The van der Waals surface area contributed by atoms with E-state index in [0.29, 0.717) is 24.5 Å². The van der Waals surface area contributed by atoms with Crippen LogP contribution >= 0.6 is 0 Å². The number of rotatable bonds is 8. The number of aliphatic carboxylic acids is 1. The molecule has 0 spiro atoms. The van der Waals surface area contributed by atoms with Gasteiger partial charge < -0.3 is 20.1 Å². The molecule has 0 aliphatic carbocycles. The Balaban J connectivity index is 1.26. The van der Waals surface area contributed by atoms with Crippen LogP contribution in [0.25, 0.3) is 0 Å². The van der Waals surface area contributed by atoms with Crippen LogP contribution in [0.2, 0.25) is 0 Å². The van der Waals surface area contributed by atoms with Gasteiger partial charge in [0, 0.05) is 24.5 Å². The molecule has 2 aliphatic rings. The van der Waals surface area contributed by atoms with Crippen molar-refractivity contribution in [3.8, 4) is 5.75 Å². The van der Waals surface area contributed by atoms with Crippen LogP contribution in [0, 0.1) is 0 Å². The first kappa shape index (κ1) is 26.3. The second kappa shape index (κ2) is 11.2. The number of amides is 3. The Morgan fingerprint density at radius 2 is 1.69 bits per heavy atom. The van der Waals surface area contributed by atoms with Crippen LogP contribution < -0.4 is 19.9 Å². The highest BCUT2D eigenvalue weighted by Gasteiger charge is 2.27. The smallest absolute Gasteiger partial charge is 0.326 e. The number of carbonyl (C=O) groups is 3. The average Bonchev–Trinajstić information content (AvgIpc) is 3.56. The average molecular weight is 528 g/mol. The molecule has 1 unspecified atom stereocenters. The number of urea groups is 1. The van der Waals surface area contributed by atoms with Crippen molar-refractivity contribution in [3.63, 3.8) is 0 Å². The zero-order valence-electron chi connectivity index (χ0n) is 22.3. The van der Waals surface area contributed by atoms with Crippen LogP contribution in [-0.2, 0) is 28.9 Å². The quantitative estimate of drug-likeness (QED) is 0.409. The third-order valence-electron chi connectivity index (χ3n) is 7.68. The monoisotopic (exact) mass is 527 g/mol. The van der Waals surface area contributed by atoms with Gasteiger partial charge in [-0.2, -0.15) is 0 Å². The number of anilines is 3. The molecule has 0 aromatic heterocycles. The summed E-state index contributed by atoms with van der Waals surface area (Å²) >= 11 is 0. The largest absolute Gasteiger partial charge is 0.495 e. The van der Waals surface area contributed by atoms with Gasteiger partial charge in [0.25, 0.3) is 0 Å². The third-order valence-corrected chi connectivity index (χ3v) is 7.68. The highest BCUT2D eigenvalue weighted by molar-refractivity contribution is 6.04. The molecule has 8 heteroatoms. The lowest BCUT2D eigenvalue weighted by atomic mass is 9.91. The molecule has 0 bridgehead atoms. The van der Waals surface area contributed by atoms with E-state index in [0.717, 1.165) is 52.9 Å². The van der Waals surface area contributed by atoms with Crippen molar-refractivity contribution >= 4 is 35.0 Å². The van der Waals surface area contributed by atoms with Gasteiger partial charge in [-0.3, -0.25) is 14.5 Å². The first-order chi connectivity index (χ1) is 18.9. The van der Waals surface area contributed by atoms with E-state index in [4.69, 9.17) is 4.74 Å². The Morgan fingerprint density at radius 1 is 0.949 bits per heavy atom. The Morgan fingerprint density at radius 3 is 2.46 bits per heavy atom. The minimum absolute atomic E-state index is 0.0217. The van der Waals surface area contributed by atoms with Gasteiger partial charge in [0.2, 0.25) is 5.91 Å². The number of hydrogen-bond donors (Lipinski definition) is 2. The second-order valence-corrected chi connectivity index (χ2v) is 10.1. The minimum atomic E-state index is -0.804. The number of ether oxygens (including phenoxy) is 1. The lowest BCUT2D eigenvalue weighted by Gasteiger charge is -2.20. The van der Waals surface area contributed by atoms with E-state index in [-0.39, 0.29) is 30.7 Å². The lowest BCUT2D eigenvalue weighted by Crippen LogP contribution is -2.33. The van der Waals surface area contributed by atoms with Crippen molar-refractivity contribution in [2.75, 3.05) is 35.3 Å². The lowest BCUT2D eigenvalue weighted by molar-refractivity contribution is -0.137. The molecule has 2 heterocycles. The predicted molar refractivity (Wildman–Crippen MR) is 151 cm³/mol. The van der Waals surface area contributed by atoms with Crippen LogP contribution in [0.5, 0.6) is 5.75 Å². The summed E-state index contributed by atoms with van der Waals surface area (Å²) in [5.41, 5.74) is 6.38. The van der Waals surface area contributed by atoms with Gasteiger partial charge >= 0.3 is 12.0 Å². The molecular formula is C31H33N3O5. The number of benzene rings is 3. The van der Waals surface area contributed by atoms with Gasteiger partial charge in [-0.05, 0) is 71.7 Å². The van der Waals surface area contributed by atoms with E-state index < -0.39 is 5.97 Å². The topological polar surface area (TPSA) is 99.2 Å². The summed E-state index contributed by atoms with van der Waals surface area (Å²) in [5, 5.41) is 12.2. The van der Waals surface area contributed by atoms with Crippen molar-refractivity contribution in [2.24, 2.45) is 0 Å². The molecule has 1 atom stereocenters. The number of nitrogens with zero attached hydrogens (tertiary/aromatic N) is 2. The zero-order chi connectivity index (χ0) is 27.5. The number of para-hydroxylation sites is 1. The highest BCUT2D eigenvalue weighted by atomic mass is 16.5. The van der Waals surface area contributed by atoms with Crippen LogP contribution in [0.4, 0.5) is 21.9 Å². The SMILES string of the molecule is CCC(CC(=O)O)c1ccc2c(c1)CCN2C(=O)Cc1ccc(NC(=O)N2CCc3ccccc32)c(OC)c1. The van der Waals surface area contributed by atoms with Gasteiger partial charge in [-0.15, -0.1) is 0 Å². The molecule has 2 N–H and O–H groups in total. The molecule has 0 fully saturated rings. The summed E-state index contributed by atoms with van der Waals surface area (Å²) in [5.74, 6) is -0.367. The molecule has 2 aliphatic heterocycles. The van der Waals surface area contributed by atoms with E-state index in [1.807, 2.05) is 49.4 Å². The Bertz CT molecular complexity index is 1420. The van der Waals surface area contributed by atoms with Crippen LogP contribution in [0.3, 0.4) is 0 Å². The molecular weight excluding hydrogens is 494 g/mol. The molecule has 8 nitrogen and oxygen atoms in total. The maximum atomic E-state index is 13.3. The van der Waals surface area contributed by atoms with Gasteiger partial charge in [0.15, 0.2) is 0 Å². The summed E-state index contributed by atoms with van der Waals surface area (Å²) < 4.78 is 5.56. The Hall–Kier alpha value is -4.33. The first-order valence-corrected chi connectivity index (χ1v) is 13.4. The predicted octanol–water partition coefficient (Wildman–Crippen LogP) is 5.39. The highest BCUT2D eigenvalue weighted by Crippen LogP contribution is 2.34. The maximum absolute atomic E-state index is 13.3. The summed E-state index contributed by atoms with van der Waals surface area (Å²) in [7, 11) is 1.55. The molecule has 39 heavy (non-hydrogen) atoms. The summed E-state index contributed by atoms with van der Waals surface area (Å²) in [6.07, 6.45) is 2.61. The van der Waals surface area contributed by atoms with Crippen molar-refractivity contribution in [3.05, 3.63) is 82.9 Å². The number of fused-ring (bicyclic) bond motifs is 2. The van der Waals surface area contributed by atoms with Crippen molar-refractivity contribution in [1.29, 1.82) is 0 Å². The number of carboxylic acid groups (broad SMARTS) is 1. The van der Waals surface area contributed by atoms with E-state index >= 15 is 0 Å². The van der Waals surface area contributed by atoms with Crippen molar-refractivity contribution in [1.82, 2.24) is 0 Å². The van der Waals surface area contributed by atoms with Gasteiger partial charge in [-0.1, -0.05) is 43.3 Å². The molecule has 3 amide bonds. The summed E-state index contributed by atoms with van der Waals surface area (Å²) in [6.45, 7) is 3.21. The standard InChI is InChI=1S/C31H33N3O5/c1-3-21(19-30(36)37)23-9-11-27-24(18-23)13-14-33(27)29(35)17-20-8-10-25(28(16-20)39-2)32-31(38)34-15-12-22-6-4-5-7-26(22)34/h4-11,16,18,21H,3,12-15,17,19H2,1-2H3,(H,32,38)(H,36,37). The number of carbonyl (C=O) groups excluding carboxylic acids is 2. The van der Waals surface area contributed by atoms with Crippen molar-refractivity contribution < 1.29 is 24.2 Å². The number of hydrogen-bond acceptors (Lipinski definition) is 4. The maximum Gasteiger partial charge on any atom is 0.326 e. The molecule has 202 valence electrons. The normalized spacial score (nSPS) is 14.5. The van der Waals surface area contributed by atoms with Gasteiger partial charge in [0.05, 0.1) is 25.6 Å². The molecule has 3 aromatic carbocycles. The van der Waals surface area contributed by atoms with Crippen molar-refractivity contribution in [2.45, 2.75) is 44.9 Å². The fourth-order valence-corrected chi connectivity index (χ4v) is 5.59. The molecule has 3 aromatic rings. The molecule has 0 saturated carbocycles. The van der Waals surface area contributed by atoms with E-state index in [2.05, 4.69) is 11.4 Å². The van der Waals surface area contributed by atoms with Crippen LogP contribution in [-0.4, -0.2) is 43.2 Å². The molecule has 5 rings (SSSR count). The summed E-state index contributed by atoms with van der Waals surface area (Å²) in [6, 6.07) is 19.0. The minimum Gasteiger partial charge on any atom is -0.495 e. The fourth-order valence-electron chi connectivity index (χ4n) is 5.59. The van der Waals surface area contributed by atoms with Gasteiger partial charge in [0.1, 0.15) is 5.75 Å². The number of methoxy groups -OCH3 is 1. The van der Waals surface area contributed by atoms with Gasteiger partial charge in [-0.25, -0.2) is 4.79 Å². The Kier molecular flexibility index (Phi) is 7.54. The van der Waals surface area contributed by atoms with E-state index in [1.165, 1.54) is 0 Å². The zero-order valence-corrected chi connectivity index (χ0v) is 22.3.